The second-order valence-corrected chi connectivity index (χ2v) is 4.20. The minimum atomic E-state index is 0.668. The molecule has 2 nitrogen and oxygen atoms in total. The third-order valence-electron chi connectivity index (χ3n) is 2.05. The smallest absolute Gasteiger partial charge is 0.158 e. The molecule has 1 aromatic rings. The standard InChI is InChI=1S/C11H12N2S/c12-11-13-7-10(8-14-11)6-9-4-2-1-3-5-9/h1-5,7H,6,8H2,(H2,12,13). The van der Waals surface area contributed by atoms with Crippen molar-refractivity contribution < 1.29 is 0 Å². The molecule has 0 aliphatic carbocycles. The minimum Gasteiger partial charge on any atom is -0.378 e. The van der Waals surface area contributed by atoms with Crippen LogP contribution in [0.2, 0.25) is 0 Å². The number of amidine groups is 1. The molecule has 1 aliphatic heterocycles. The molecule has 1 aromatic carbocycles. The lowest BCUT2D eigenvalue weighted by molar-refractivity contribution is 1.13. The topological polar surface area (TPSA) is 38.4 Å². The van der Waals surface area contributed by atoms with E-state index in [4.69, 9.17) is 5.73 Å². The van der Waals surface area contributed by atoms with Gasteiger partial charge in [0.25, 0.3) is 0 Å². The van der Waals surface area contributed by atoms with Crippen molar-refractivity contribution in [3.63, 3.8) is 0 Å². The first-order valence-electron chi connectivity index (χ1n) is 4.52. The Kier molecular flexibility index (Phi) is 2.89. The molecule has 0 radical (unpaired) electrons. The third-order valence-corrected chi connectivity index (χ3v) is 2.97. The summed E-state index contributed by atoms with van der Waals surface area (Å²) in [7, 11) is 0. The van der Waals surface area contributed by atoms with E-state index < -0.39 is 0 Å². The highest BCUT2D eigenvalue weighted by atomic mass is 32.2. The third kappa shape index (κ3) is 2.39. The molecule has 3 heteroatoms. The Morgan fingerprint density at radius 1 is 1.29 bits per heavy atom. The Bertz CT molecular complexity index is 368. The molecule has 0 saturated heterocycles. The van der Waals surface area contributed by atoms with Gasteiger partial charge < -0.3 is 5.73 Å². The van der Waals surface area contributed by atoms with E-state index in [1.54, 1.807) is 11.8 Å². The van der Waals surface area contributed by atoms with Gasteiger partial charge in [-0.1, -0.05) is 42.1 Å². The Morgan fingerprint density at radius 3 is 2.71 bits per heavy atom. The fraction of sp³-hybridized carbons (Fsp3) is 0.182. The van der Waals surface area contributed by atoms with E-state index >= 15 is 0 Å². The van der Waals surface area contributed by atoms with Crippen LogP contribution in [0.15, 0.2) is 47.1 Å². The summed E-state index contributed by atoms with van der Waals surface area (Å²) in [6.07, 6.45) is 2.86. The van der Waals surface area contributed by atoms with Crippen LogP contribution in [0.5, 0.6) is 0 Å². The summed E-state index contributed by atoms with van der Waals surface area (Å²) >= 11 is 1.60. The van der Waals surface area contributed by atoms with Crippen molar-refractivity contribution in [1.29, 1.82) is 0 Å². The van der Waals surface area contributed by atoms with Crippen LogP contribution >= 0.6 is 11.8 Å². The van der Waals surface area contributed by atoms with Crippen LogP contribution in [0.3, 0.4) is 0 Å². The van der Waals surface area contributed by atoms with Gasteiger partial charge in [0.15, 0.2) is 5.17 Å². The first-order valence-corrected chi connectivity index (χ1v) is 5.51. The molecule has 0 atom stereocenters. The number of aliphatic imine (C=N–C) groups is 1. The number of hydrogen-bond donors (Lipinski definition) is 1. The predicted octanol–water partition coefficient (Wildman–Crippen LogP) is 2.17. The highest BCUT2D eigenvalue weighted by Crippen LogP contribution is 2.17. The zero-order valence-corrected chi connectivity index (χ0v) is 8.63. The summed E-state index contributed by atoms with van der Waals surface area (Å²) in [5, 5.41) is 0.668. The average molecular weight is 204 g/mol. The van der Waals surface area contributed by atoms with Crippen LogP contribution in [-0.4, -0.2) is 10.9 Å². The van der Waals surface area contributed by atoms with Crippen molar-refractivity contribution in [3.05, 3.63) is 47.7 Å². The monoisotopic (exact) mass is 204 g/mol. The first kappa shape index (κ1) is 9.34. The van der Waals surface area contributed by atoms with Crippen LogP contribution in [0.25, 0.3) is 0 Å². The lowest BCUT2D eigenvalue weighted by atomic mass is 10.1. The maximum Gasteiger partial charge on any atom is 0.158 e. The van der Waals surface area contributed by atoms with Crippen LogP contribution in [0, 0.1) is 0 Å². The van der Waals surface area contributed by atoms with Gasteiger partial charge in [0.1, 0.15) is 0 Å². The fourth-order valence-electron chi connectivity index (χ4n) is 1.35. The van der Waals surface area contributed by atoms with E-state index in [0.717, 1.165) is 12.2 Å². The van der Waals surface area contributed by atoms with Gasteiger partial charge in [-0.3, -0.25) is 0 Å². The van der Waals surface area contributed by atoms with Crippen molar-refractivity contribution in [2.75, 3.05) is 5.75 Å². The number of nitrogens with two attached hydrogens (primary N) is 1. The van der Waals surface area contributed by atoms with Crippen molar-refractivity contribution in [1.82, 2.24) is 0 Å². The van der Waals surface area contributed by atoms with Crippen molar-refractivity contribution in [3.8, 4) is 0 Å². The van der Waals surface area contributed by atoms with Gasteiger partial charge in [-0.25, -0.2) is 4.99 Å². The van der Waals surface area contributed by atoms with Gasteiger partial charge in [0, 0.05) is 12.0 Å². The zero-order chi connectivity index (χ0) is 9.80. The molecule has 2 rings (SSSR count). The molecule has 1 heterocycles. The maximum atomic E-state index is 5.56. The lowest BCUT2D eigenvalue weighted by Gasteiger charge is -2.10. The molecule has 14 heavy (non-hydrogen) atoms. The molecule has 0 unspecified atom stereocenters. The van der Waals surface area contributed by atoms with Gasteiger partial charge in [-0.05, 0) is 17.6 Å². The second-order valence-electron chi connectivity index (χ2n) is 3.21. The van der Waals surface area contributed by atoms with E-state index in [2.05, 4.69) is 29.3 Å². The summed E-state index contributed by atoms with van der Waals surface area (Å²) in [5.41, 5.74) is 8.22. The molecule has 0 amide bonds. The Morgan fingerprint density at radius 2 is 2.07 bits per heavy atom. The summed E-state index contributed by atoms with van der Waals surface area (Å²) in [4.78, 5) is 4.10. The molecule has 0 bridgehead atoms. The lowest BCUT2D eigenvalue weighted by Crippen LogP contribution is -2.11. The number of hydrogen-bond acceptors (Lipinski definition) is 3. The molecule has 1 aliphatic rings. The molecule has 0 aromatic heterocycles. The molecule has 0 fully saturated rings. The number of nitrogens with zero attached hydrogens (tertiary/aromatic N) is 1. The molecular weight excluding hydrogens is 192 g/mol. The SMILES string of the molecule is NC1=NC=C(Cc2ccccc2)CS1. The van der Waals surface area contributed by atoms with E-state index in [1.165, 1.54) is 11.1 Å². The second kappa shape index (κ2) is 4.33. The van der Waals surface area contributed by atoms with Crippen LogP contribution < -0.4 is 5.73 Å². The van der Waals surface area contributed by atoms with E-state index in [0.29, 0.717) is 5.17 Å². The Labute approximate surface area is 87.9 Å². The van der Waals surface area contributed by atoms with Crippen LogP contribution in [-0.2, 0) is 6.42 Å². The van der Waals surface area contributed by atoms with Gasteiger partial charge in [0.2, 0.25) is 0 Å². The minimum absolute atomic E-state index is 0.668. The fourth-order valence-corrected chi connectivity index (χ4v) is 1.99. The molecule has 72 valence electrons. The Hall–Kier alpha value is -1.22. The summed E-state index contributed by atoms with van der Waals surface area (Å²) in [5.74, 6) is 0.963. The number of rotatable bonds is 2. The van der Waals surface area contributed by atoms with Crippen molar-refractivity contribution >= 4 is 16.9 Å². The van der Waals surface area contributed by atoms with Gasteiger partial charge in [-0.15, -0.1) is 0 Å². The predicted molar refractivity (Wildman–Crippen MR) is 62.3 cm³/mol. The van der Waals surface area contributed by atoms with E-state index in [-0.39, 0.29) is 0 Å². The van der Waals surface area contributed by atoms with Crippen molar-refractivity contribution in [2.24, 2.45) is 10.7 Å². The zero-order valence-electron chi connectivity index (χ0n) is 7.81. The van der Waals surface area contributed by atoms with Crippen molar-refractivity contribution in [2.45, 2.75) is 6.42 Å². The average Bonchev–Trinajstić information content (AvgIpc) is 2.23. The molecule has 0 saturated carbocycles. The maximum absolute atomic E-state index is 5.56. The quantitative estimate of drug-likeness (QED) is 0.801. The van der Waals surface area contributed by atoms with Gasteiger partial charge >= 0.3 is 0 Å². The summed E-state index contributed by atoms with van der Waals surface area (Å²) in [6, 6.07) is 10.4. The van der Waals surface area contributed by atoms with E-state index in [1.807, 2.05) is 12.3 Å². The van der Waals surface area contributed by atoms with Crippen LogP contribution in [0.4, 0.5) is 0 Å². The van der Waals surface area contributed by atoms with Crippen LogP contribution in [0.1, 0.15) is 5.56 Å². The molecule has 2 N–H and O–H groups in total. The Balaban J connectivity index is 2.06. The number of benzene rings is 1. The van der Waals surface area contributed by atoms with Gasteiger partial charge in [-0.2, -0.15) is 0 Å². The normalized spacial score (nSPS) is 16.0. The first-order chi connectivity index (χ1) is 6.84. The highest BCUT2D eigenvalue weighted by Gasteiger charge is 2.05. The molecule has 0 spiro atoms. The summed E-state index contributed by atoms with van der Waals surface area (Å²) < 4.78 is 0. The highest BCUT2D eigenvalue weighted by molar-refractivity contribution is 8.14. The van der Waals surface area contributed by atoms with Gasteiger partial charge in [0.05, 0.1) is 0 Å². The largest absolute Gasteiger partial charge is 0.378 e. The summed E-state index contributed by atoms with van der Waals surface area (Å²) in [6.45, 7) is 0. The van der Waals surface area contributed by atoms with E-state index in [9.17, 15) is 0 Å². The molecular formula is C11H12N2S. The number of thioether (sulfide) groups is 1.